The van der Waals surface area contributed by atoms with E-state index in [-0.39, 0.29) is 11.6 Å². The number of ether oxygens (including phenoxy) is 1. The topological polar surface area (TPSA) is 29.5 Å². The van der Waals surface area contributed by atoms with E-state index in [1.54, 1.807) is 12.1 Å². The van der Waals surface area contributed by atoms with Crippen molar-refractivity contribution >= 4 is 0 Å². The van der Waals surface area contributed by atoms with E-state index in [1.807, 2.05) is 0 Å². The summed E-state index contributed by atoms with van der Waals surface area (Å²) in [7, 11) is 1.44. The van der Waals surface area contributed by atoms with Gasteiger partial charge in [-0.2, -0.15) is 0 Å². The zero-order valence-electron chi connectivity index (χ0n) is 10.2. The molecule has 0 saturated heterocycles. The van der Waals surface area contributed by atoms with Gasteiger partial charge in [0, 0.05) is 0 Å². The molecule has 0 heterocycles. The van der Waals surface area contributed by atoms with Crippen molar-refractivity contribution in [3.63, 3.8) is 0 Å². The summed E-state index contributed by atoms with van der Waals surface area (Å²) in [4.78, 5) is 0. The average molecular weight is 238 g/mol. The van der Waals surface area contributed by atoms with Gasteiger partial charge in [-0.25, -0.2) is 4.39 Å². The van der Waals surface area contributed by atoms with Gasteiger partial charge in [-0.15, -0.1) is 0 Å². The number of rotatable bonds is 3. The minimum atomic E-state index is -0.496. The summed E-state index contributed by atoms with van der Waals surface area (Å²) in [6.45, 7) is 0. The second kappa shape index (κ2) is 5.50. The van der Waals surface area contributed by atoms with E-state index in [0.29, 0.717) is 5.92 Å². The van der Waals surface area contributed by atoms with Gasteiger partial charge in [0.05, 0.1) is 13.2 Å². The van der Waals surface area contributed by atoms with Crippen LogP contribution in [0.25, 0.3) is 0 Å². The quantitative estimate of drug-likeness (QED) is 0.874. The van der Waals surface area contributed by atoms with Crippen molar-refractivity contribution in [2.45, 2.75) is 38.2 Å². The van der Waals surface area contributed by atoms with Crippen molar-refractivity contribution < 1.29 is 14.2 Å². The van der Waals surface area contributed by atoms with Crippen LogP contribution in [0.15, 0.2) is 18.2 Å². The molecule has 1 saturated carbocycles. The van der Waals surface area contributed by atoms with Gasteiger partial charge < -0.3 is 9.84 Å². The summed E-state index contributed by atoms with van der Waals surface area (Å²) in [6, 6.07) is 4.62. The molecule has 1 atom stereocenters. The number of aliphatic hydroxyl groups is 1. The Kier molecular flexibility index (Phi) is 4.00. The van der Waals surface area contributed by atoms with Crippen LogP contribution < -0.4 is 4.74 Å². The van der Waals surface area contributed by atoms with Gasteiger partial charge >= 0.3 is 0 Å². The normalized spacial score (nSPS) is 19.0. The lowest BCUT2D eigenvalue weighted by atomic mass is 9.83. The Balaban J connectivity index is 2.15. The largest absolute Gasteiger partial charge is 0.494 e. The number of hydrogen-bond donors (Lipinski definition) is 1. The monoisotopic (exact) mass is 238 g/mol. The summed E-state index contributed by atoms with van der Waals surface area (Å²) in [6.07, 6.45) is 5.24. The molecule has 2 rings (SSSR count). The Hall–Kier alpha value is -1.09. The van der Waals surface area contributed by atoms with Gasteiger partial charge in [0.1, 0.15) is 0 Å². The van der Waals surface area contributed by atoms with E-state index in [9.17, 15) is 9.50 Å². The molecule has 17 heavy (non-hydrogen) atoms. The van der Waals surface area contributed by atoms with Crippen molar-refractivity contribution in [1.29, 1.82) is 0 Å². The molecular formula is C14H19FO2. The maximum atomic E-state index is 13.3. The lowest BCUT2D eigenvalue weighted by Crippen LogP contribution is -2.16. The third-order valence-corrected chi connectivity index (χ3v) is 3.61. The van der Waals surface area contributed by atoms with Gasteiger partial charge in [-0.05, 0) is 36.5 Å². The molecule has 1 fully saturated rings. The fourth-order valence-electron chi connectivity index (χ4n) is 2.58. The summed E-state index contributed by atoms with van der Waals surface area (Å²) in [5.41, 5.74) is 0.759. The van der Waals surface area contributed by atoms with Crippen molar-refractivity contribution in [3.8, 4) is 5.75 Å². The maximum absolute atomic E-state index is 13.3. The SMILES string of the molecule is COc1cc(C(O)C2CCCCC2)ccc1F. The van der Waals surface area contributed by atoms with E-state index >= 15 is 0 Å². The molecule has 0 amide bonds. The highest BCUT2D eigenvalue weighted by Gasteiger charge is 2.23. The van der Waals surface area contributed by atoms with Crippen LogP contribution in [0.5, 0.6) is 5.75 Å². The maximum Gasteiger partial charge on any atom is 0.165 e. The zero-order chi connectivity index (χ0) is 12.3. The van der Waals surface area contributed by atoms with E-state index in [4.69, 9.17) is 4.74 Å². The number of hydrogen-bond acceptors (Lipinski definition) is 2. The lowest BCUT2D eigenvalue weighted by Gasteiger charge is -2.27. The van der Waals surface area contributed by atoms with Crippen LogP contribution in [0.3, 0.4) is 0 Å². The van der Waals surface area contributed by atoms with E-state index in [0.717, 1.165) is 18.4 Å². The Morgan fingerprint density at radius 1 is 1.29 bits per heavy atom. The van der Waals surface area contributed by atoms with Gasteiger partial charge in [0.25, 0.3) is 0 Å². The minimum Gasteiger partial charge on any atom is -0.494 e. The molecule has 0 spiro atoms. The fourth-order valence-corrected chi connectivity index (χ4v) is 2.58. The predicted octanol–water partition coefficient (Wildman–Crippen LogP) is 3.45. The molecule has 94 valence electrons. The summed E-state index contributed by atoms with van der Waals surface area (Å²) in [5, 5.41) is 10.3. The van der Waals surface area contributed by atoms with Gasteiger partial charge in [0.15, 0.2) is 11.6 Å². The zero-order valence-corrected chi connectivity index (χ0v) is 10.2. The Morgan fingerprint density at radius 3 is 2.65 bits per heavy atom. The number of aliphatic hydroxyl groups excluding tert-OH is 1. The highest BCUT2D eigenvalue weighted by atomic mass is 19.1. The summed E-state index contributed by atoms with van der Waals surface area (Å²) < 4.78 is 18.2. The summed E-state index contributed by atoms with van der Waals surface area (Å²) in [5.74, 6) is 0.128. The number of benzene rings is 1. The molecule has 3 heteroatoms. The van der Waals surface area contributed by atoms with Crippen LogP contribution >= 0.6 is 0 Å². The highest BCUT2D eigenvalue weighted by Crippen LogP contribution is 2.35. The molecule has 1 N–H and O–H groups in total. The second-order valence-electron chi connectivity index (χ2n) is 4.74. The first-order valence-electron chi connectivity index (χ1n) is 6.24. The molecule has 1 unspecified atom stereocenters. The average Bonchev–Trinajstić information content (AvgIpc) is 2.39. The van der Waals surface area contributed by atoms with Crippen LogP contribution in [0.2, 0.25) is 0 Å². The second-order valence-corrected chi connectivity index (χ2v) is 4.74. The van der Waals surface area contributed by atoms with Crippen molar-refractivity contribution in [3.05, 3.63) is 29.6 Å². The first-order valence-corrected chi connectivity index (χ1v) is 6.24. The molecule has 1 aliphatic carbocycles. The van der Waals surface area contributed by atoms with E-state index in [1.165, 1.54) is 32.4 Å². The molecular weight excluding hydrogens is 219 g/mol. The van der Waals surface area contributed by atoms with Crippen molar-refractivity contribution in [2.75, 3.05) is 7.11 Å². The molecule has 1 aromatic carbocycles. The fraction of sp³-hybridized carbons (Fsp3) is 0.571. The first kappa shape index (κ1) is 12.4. The van der Waals surface area contributed by atoms with Gasteiger partial charge in [-0.1, -0.05) is 25.3 Å². The van der Waals surface area contributed by atoms with Crippen LogP contribution in [0.1, 0.15) is 43.8 Å². The van der Waals surface area contributed by atoms with Crippen LogP contribution in [-0.2, 0) is 0 Å². The van der Waals surface area contributed by atoms with Gasteiger partial charge in [0.2, 0.25) is 0 Å². The first-order chi connectivity index (χ1) is 8.22. The molecule has 1 aromatic rings. The van der Waals surface area contributed by atoms with Crippen molar-refractivity contribution in [2.24, 2.45) is 5.92 Å². The Labute approximate surface area is 101 Å². The molecule has 0 radical (unpaired) electrons. The van der Waals surface area contributed by atoms with E-state index < -0.39 is 6.10 Å². The molecule has 0 aliphatic heterocycles. The third-order valence-electron chi connectivity index (χ3n) is 3.61. The molecule has 2 nitrogen and oxygen atoms in total. The smallest absolute Gasteiger partial charge is 0.165 e. The van der Waals surface area contributed by atoms with E-state index in [2.05, 4.69) is 0 Å². The predicted molar refractivity (Wildman–Crippen MR) is 64.5 cm³/mol. The number of halogens is 1. The third kappa shape index (κ3) is 2.78. The number of methoxy groups -OCH3 is 1. The molecule has 1 aliphatic rings. The van der Waals surface area contributed by atoms with Crippen LogP contribution in [0, 0.1) is 11.7 Å². The molecule has 0 bridgehead atoms. The highest BCUT2D eigenvalue weighted by molar-refractivity contribution is 5.31. The Bertz CT molecular complexity index is 372. The Morgan fingerprint density at radius 2 is 2.00 bits per heavy atom. The standard InChI is InChI=1S/C14H19FO2/c1-17-13-9-11(7-8-12(13)15)14(16)10-5-3-2-4-6-10/h7-10,14,16H,2-6H2,1H3. The van der Waals surface area contributed by atoms with Crippen LogP contribution in [-0.4, -0.2) is 12.2 Å². The van der Waals surface area contributed by atoms with Crippen molar-refractivity contribution in [1.82, 2.24) is 0 Å². The molecule has 0 aromatic heterocycles. The minimum absolute atomic E-state index is 0.206. The lowest BCUT2D eigenvalue weighted by molar-refractivity contribution is 0.0845. The van der Waals surface area contributed by atoms with Gasteiger partial charge in [-0.3, -0.25) is 0 Å². The summed E-state index contributed by atoms with van der Waals surface area (Å²) >= 11 is 0. The van der Waals surface area contributed by atoms with Crippen LogP contribution in [0.4, 0.5) is 4.39 Å².